The Kier molecular flexibility index (Phi) is 4.37. The molecule has 5 nitrogen and oxygen atoms in total. The van der Waals surface area contributed by atoms with Crippen LogP contribution in [-0.2, 0) is 17.8 Å². The van der Waals surface area contributed by atoms with Crippen molar-refractivity contribution in [3.63, 3.8) is 0 Å². The van der Waals surface area contributed by atoms with Gasteiger partial charge in [-0.1, -0.05) is 25.1 Å². The molecule has 118 valence electrons. The molecule has 1 aromatic heterocycles. The van der Waals surface area contributed by atoms with Crippen molar-refractivity contribution in [3.8, 4) is 0 Å². The molecule has 0 radical (unpaired) electrons. The minimum absolute atomic E-state index is 0.153. The molecular weight excluding hydrogens is 290 g/mol. The molecule has 3 rings (SSSR count). The maximum absolute atomic E-state index is 12.0. The Hall–Kier alpha value is -2.69. The van der Waals surface area contributed by atoms with Crippen LogP contribution in [0.15, 0.2) is 42.6 Å². The maximum Gasteiger partial charge on any atom is 0.270 e. The zero-order valence-electron chi connectivity index (χ0n) is 13.1. The normalized spacial score (nSPS) is 12.8. The van der Waals surface area contributed by atoms with E-state index in [1.807, 2.05) is 24.0 Å². The van der Waals surface area contributed by atoms with Gasteiger partial charge in [0.05, 0.1) is 0 Å². The number of anilines is 1. The Morgan fingerprint density at radius 1 is 1.26 bits per heavy atom. The number of benzene rings is 1. The van der Waals surface area contributed by atoms with Gasteiger partial charge in [0, 0.05) is 31.4 Å². The smallest absolute Gasteiger partial charge is 0.270 e. The van der Waals surface area contributed by atoms with Gasteiger partial charge in [-0.2, -0.15) is 0 Å². The number of carbonyl (C=O) groups excluding carboxylic acids is 2. The van der Waals surface area contributed by atoms with Crippen LogP contribution >= 0.6 is 0 Å². The standard InChI is InChI=1S/C18H19N3O2/c1-2-17(22)21-10-8-14-11-13(6-7-16(14)21)12-20-18(23)15-5-3-4-9-19-15/h3-7,9,11H,2,8,10,12H2,1H3,(H,20,23). The van der Waals surface area contributed by atoms with Crippen molar-refractivity contribution in [3.05, 3.63) is 59.4 Å². The van der Waals surface area contributed by atoms with Crippen LogP contribution in [0.5, 0.6) is 0 Å². The average molecular weight is 309 g/mol. The highest BCUT2D eigenvalue weighted by Gasteiger charge is 2.23. The van der Waals surface area contributed by atoms with E-state index in [4.69, 9.17) is 0 Å². The average Bonchev–Trinajstić information content (AvgIpc) is 3.03. The quantitative estimate of drug-likeness (QED) is 0.942. The number of amides is 2. The molecule has 1 aromatic carbocycles. The fourth-order valence-corrected chi connectivity index (χ4v) is 2.78. The van der Waals surface area contributed by atoms with Gasteiger partial charge >= 0.3 is 0 Å². The van der Waals surface area contributed by atoms with Crippen LogP contribution in [0, 0.1) is 0 Å². The monoisotopic (exact) mass is 309 g/mol. The lowest BCUT2D eigenvalue weighted by molar-refractivity contribution is -0.118. The van der Waals surface area contributed by atoms with Crippen molar-refractivity contribution in [2.45, 2.75) is 26.3 Å². The van der Waals surface area contributed by atoms with E-state index in [9.17, 15) is 9.59 Å². The Morgan fingerprint density at radius 2 is 2.13 bits per heavy atom. The summed E-state index contributed by atoms with van der Waals surface area (Å²) < 4.78 is 0. The molecule has 0 bridgehead atoms. The van der Waals surface area contributed by atoms with Gasteiger partial charge in [-0.25, -0.2) is 0 Å². The van der Waals surface area contributed by atoms with Crippen LogP contribution in [0.25, 0.3) is 0 Å². The lowest BCUT2D eigenvalue weighted by Crippen LogP contribution is -2.27. The third-order valence-electron chi connectivity index (χ3n) is 3.99. The first-order valence-electron chi connectivity index (χ1n) is 7.80. The van der Waals surface area contributed by atoms with E-state index in [0.29, 0.717) is 18.7 Å². The summed E-state index contributed by atoms with van der Waals surface area (Å²) in [6.45, 7) is 3.07. The van der Waals surface area contributed by atoms with Crippen LogP contribution in [0.4, 0.5) is 5.69 Å². The third kappa shape index (κ3) is 3.23. The van der Waals surface area contributed by atoms with Crippen molar-refractivity contribution in [1.29, 1.82) is 0 Å². The molecule has 23 heavy (non-hydrogen) atoms. The van der Waals surface area contributed by atoms with Gasteiger partial charge < -0.3 is 10.2 Å². The molecule has 0 fully saturated rings. The van der Waals surface area contributed by atoms with Crippen molar-refractivity contribution in [2.24, 2.45) is 0 Å². The highest BCUT2D eigenvalue weighted by Crippen LogP contribution is 2.29. The van der Waals surface area contributed by atoms with Crippen LogP contribution in [0.3, 0.4) is 0 Å². The number of nitrogens with zero attached hydrogens (tertiary/aromatic N) is 2. The van der Waals surface area contributed by atoms with Gasteiger partial charge in [0.1, 0.15) is 5.69 Å². The van der Waals surface area contributed by atoms with Crippen molar-refractivity contribution < 1.29 is 9.59 Å². The molecule has 0 atom stereocenters. The minimum atomic E-state index is -0.186. The molecule has 1 N–H and O–H groups in total. The Bertz CT molecular complexity index is 728. The molecule has 2 heterocycles. The molecular formula is C18H19N3O2. The number of hydrogen-bond donors (Lipinski definition) is 1. The molecule has 1 aliphatic rings. The first kappa shape index (κ1) is 15.2. The minimum Gasteiger partial charge on any atom is -0.347 e. The van der Waals surface area contributed by atoms with E-state index in [-0.39, 0.29) is 11.8 Å². The van der Waals surface area contributed by atoms with E-state index < -0.39 is 0 Å². The van der Waals surface area contributed by atoms with E-state index in [1.165, 1.54) is 0 Å². The van der Waals surface area contributed by atoms with E-state index in [0.717, 1.165) is 29.8 Å². The predicted molar refractivity (Wildman–Crippen MR) is 88.2 cm³/mol. The number of aromatic nitrogens is 1. The van der Waals surface area contributed by atoms with Crippen molar-refractivity contribution in [1.82, 2.24) is 10.3 Å². The summed E-state index contributed by atoms with van der Waals surface area (Å²) in [7, 11) is 0. The second-order valence-corrected chi connectivity index (χ2v) is 5.51. The fourth-order valence-electron chi connectivity index (χ4n) is 2.78. The summed E-state index contributed by atoms with van der Waals surface area (Å²) in [6, 6.07) is 11.2. The molecule has 0 saturated carbocycles. The van der Waals surface area contributed by atoms with Crippen LogP contribution in [0.1, 0.15) is 35.0 Å². The third-order valence-corrected chi connectivity index (χ3v) is 3.99. The number of fused-ring (bicyclic) bond motifs is 1. The highest BCUT2D eigenvalue weighted by atomic mass is 16.2. The molecule has 2 amide bonds. The van der Waals surface area contributed by atoms with Crippen molar-refractivity contribution >= 4 is 17.5 Å². The van der Waals surface area contributed by atoms with Crippen LogP contribution < -0.4 is 10.2 Å². The first-order chi connectivity index (χ1) is 11.2. The van der Waals surface area contributed by atoms with Gasteiger partial charge in [0.2, 0.25) is 5.91 Å². The highest BCUT2D eigenvalue weighted by molar-refractivity contribution is 5.95. The second kappa shape index (κ2) is 6.60. The Labute approximate surface area is 135 Å². The molecule has 1 aliphatic heterocycles. The lowest BCUT2D eigenvalue weighted by atomic mass is 10.1. The molecule has 2 aromatic rings. The molecule has 0 unspecified atom stereocenters. The number of nitrogens with one attached hydrogen (secondary N) is 1. The van der Waals surface area contributed by atoms with Crippen LogP contribution in [-0.4, -0.2) is 23.3 Å². The summed E-state index contributed by atoms with van der Waals surface area (Å²) in [5.74, 6) is -0.0335. The number of rotatable bonds is 4. The summed E-state index contributed by atoms with van der Waals surface area (Å²) in [6.07, 6.45) is 2.98. The lowest BCUT2D eigenvalue weighted by Gasteiger charge is -2.16. The number of hydrogen-bond acceptors (Lipinski definition) is 3. The van der Waals surface area contributed by atoms with E-state index in [1.54, 1.807) is 24.4 Å². The fraction of sp³-hybridized carbons (Fsp3) is 0.278. The van der Waals surface area contributed by atoms with E-state index in [2.05, 4.69) is 16.4 Å². The molecule has 0 spiro atoms. The summed E-state index contributed by atoms with van der Waals surface area (Å²) >= 11 is 0. The molecule has 0 saturated heterocycles. The first-order valence-corrected chi connectivity index (χ1v) is 7.80. The summed E-state index contributed by atoms with van der Waals surface area (Å²) in [4.78, 5) is 29.8. The Balaban J connectivity index is 1.67. The van der Waals surface area contributed by atoms with Gasteiger partial charge in [0.15, 0.2) is 0 Å². The van der Waals surface area contributed by atoms with Gasteiger partial charge in [-0.15, -0.1) is 0 Å². The number of pyridine rings is 1. The largest absolute Gasteiger partial charge is 0.347 e. The maximum atomic E-state index is 12.0. The van der Waals surface area contributed by atoms with Crippen LogP contribution in [0.2, 0.25) is 0 Å². The van der Waals surface area contributed by atoms with Gasteiger partial charge in [-0.3, -0.25) is 14.6 Å². The van der Waals surface area contributed by atoms with Crippen molar-refractivity contribution in [2.75, 3.05) is 11.4 Å². The Morgan fingerprint density at radius 3 is 2.87 bits per heavy atom. The number of carbonyl (C=O) groups is 2. The predicted octanol–water partition coefficient (Wildman–Crippen LogP) is 2.31. The zero-order chi connectivity index (χ0) is 16.2. The SMILES string of the molecule is CCC(=O)N1CCc2cc(CNC(=O)c3ccccn3)ccc21. The summed E-state index contributed by atoms with van der Waals surface area (Å²) in [5, 5.41) is 2.87. The zero-order valence-corrected chi connectivity index (χ0v) is 13.1. The van der Waals surface area contributed by atoms with Gasteiger partial charge in [-0.05, 0) is 35.7 Å². The second-order valence-electron chi connectivity index (χ2n) is 5.51. The summed E-state index contributed by atoms with van der Waals surface area (Å²) in [5.41, 5.74) is 3.60. The van der Waals surface area contributed by atoms with E-state index >= 15 is 0 Å². The molecule has 5 heteroatoms. The molecule has 0 aliphatic carbocycles. The topological polar surface area (TPSA) is 62.3 Å². The van der Waals surface area contributed by atoms with Gasteiger partial charge in [0.25, 0.3) is 5.91 Å².